The van der Waals surface area contributed by atoms with Gasteiger partial charge >= 0.3 is 0 Å². The molecule has 0 saturated heterocycles. The van der Waals surface area contributed by atoms with Gasteiger partial charge in [-0.05, 0) is 51.3 Å². The lowest BCUT2D eigenvalue weighted by atomic mass is 9.94. The van der Waals surface area contributed by atoms with Gasteiger partial charge in [-0.15, -0.1) is 12.4 Å². The Labute approximate surface area is 145 Å². The van der Waals surface area contributed by atoms with Crippen molar-refractivity contribution in [2.75, 3.05) is 6.54 Å². The first kappa shape index (κ1) is 21.2. The van der Waals surface area contributed by atoms with Crippen LogP contribution in [0, 0.1) is 0 Å². The maximum atomic E-state index is 12.0. The fraction of sp³-hybridized carbons (Fsp3) is 0.588. The van der Waals surface area contributed by atoms with Gasteiger partial charge in [0.25, 0.3) is 0 Å². The third kappa shape index (κ3) is 8.62. The minimum atomic E-state index is -0.292. The van der Waals surface area contributed by atoms with E-state index in [9.17, 15) is 4.79 Å². The largest absolute Gasteiger partial charge is 0.351 e. The number of halogens is 2. The van der Waals surface area contributed by atoms with Gasteiger partial charge < -0.3 is 11.1 Å². The highest BCUT2D eigenvalue weighted by Gasteiger charge is 2.21. The van der Waals surface area contributed by atoms with E-state index in [0.717, 1.165) is 49.2 Å². The molecule has 3 nitrogen and oxygen atoms in total. The molecule has 0 aliphatic heterocycles. The number of carbonyl (C=O) groups is 1. The molecule has 0 aromatic heterocycles. The van der Waals surface area contributed by atoms with Crippen LogP contribution in [0.15, 0.2) is 24.3 Å². The Hall–Kier alpha value is -0.770. The highest BCUT2D eigenvalue weighted by molar-refractivity contribution is 6.31. The van der Waals surface area contributed by atoms with E-state index in [-0.39, 0.29) is 23.9 Å². The van der Waals surface area contributed by atoms with Gasteiger partial charge in [0.2, 0.25) is 5.91 Å². The van der Waals surface area contributed by atoms with Crippen molar-refractivity contribution in [3.05, 3.63) is 34.9 Å². The fourth-order valence-corrected chi connectivity index (χ4v) is 2.59. The lowest BCUT2D eigenvalue weighted by molar-refractivity contribution is -0.122. The van der Waals surface area contributed by atoms with Crippen LogP contribution in [-0.4, -0.2) is 18.0 Å². The first-order valence-corrected chi connectivity index (χ1v) is 8.07. The molecule has 0 saturated carbocycles. The molecule has 0 unspecified atom stereocenters. The molecule has 1 aromatic rings. The zero-order valence-electron chi connectivity index (χ0n) is 13.5. The number of benzene rings is 1. The van der Waals surface area contributed by atoms with Crippen molar-refractivity contribution >= 4 is 29.9 Å². The molecule has 1 rings (SSSR count). The summed E-state index contributed by atoms with van der Waals surface area (Å²) in [6.07, 6.45) is 5.44. The van der Waals surface area contributed by atoms with Crippen molar-refractivity contribution in [1.29, 1.82) is 0 Å². The van der Waals surface area contributed by atoms with Crippen molar-refractivity contribution in [3.8, 4) is 0 Å². The van der Waals surface area contributed by atoms with E-state index >= 15 is 0 Å². The summed E-state index contributed by atoms with van der Waals surface area (Å²) < 4.78 is 0. The van der Waals surface area contributed by atoms with Gasteiger partial charge in [-0.25, -0.2) is 0 Å². The van der Waals surface area contributed by atoms with E-state index in [2.05, 4.69) is 5.32 Å². The molecule has 22 heavy (non-hydrogen) atoms. The van der Waals surface area contributed by atoms with E-state index < -0.39 is 0 Å². The maximum absolute atomic E-state index is 12.0. The summed E-state index contributed by atoms with van der Waals surface area (Å²) in [7, 11) is 0. The molecule has 5 heteroatoms. The summed E-state index contributed by atoms with van der Waals surface area (Å²) in [5.74, 6) is 0.111. The third-order valence-electron chi connectivity index (χ3n) is 3.43. The SMILES string of the molecule is CC(C)(Cc1ccccc1Cl)NC(=O)CCCCCCN.Cl. The molecular formula is C17H28Cl2N2O. The Morgan fingerprint density at radius 3 is 2.45 bits per heavy atom. The second-order valence-corrected chi connectivity index (χ2v) is 6.56. The van der Waals surface area contributed by atoms with Crippen LogP contribution in [0.5, 0.6) is 0 Å². The van der Waals surface area contributed by atoms with Gasteiger partial charge in [-0.1, -0.05) is 42.6 Å². The molecule has 0 aliphatic rings. The summed E-state index contributed by atoms with van der Waals surface area (Å²) in [6, 6.07) is 7.77. The first-order chi connectivity index (χ1) is 9.94. The standard InChI is InChI=1S/C17H27ClN2O.ClH/c1-17(2,13-14-9-6-7-10-15(14)18)20-16(21)11-5-3-4-8-12-19;/h6-7,9-10H,3-5,8,11-13,19H2,1-2H3,(H,20,21);1H. The van der Waals surface area contributed by atoms with Crippen molar-refractivity contribution in [1.82, 2.24) is 5.32 Å². The van der Waals surface area contributed by atoms with Crippen LogP contribution in [-0.2, 0) is 11.2 Å². The van der Waals surface area contributed by atoms with Crippen LogP contribution in [0.1, 0.15) is 51.5 Å². The quantitative estimate of drug-likeness (QED) is 0.661. The normalized spacial score (nSPS) is 10.9. The first-order valence-electron chi connectivity index (χ1n) is 7.69. The smallest absolute Gasteiger partial charge is 0.220 e. The number of carbonyl (C=O) groups excluding carboxylic acids is 1. The summed E-state index contributed by atoms with van der Waals surface area (Å²) in [5.41, 5.74) is 6.22. The van der Waals surface area contributed by atoms with E-state index in [1.54, 1.807) is 0 Å². The van der Waals surface area contributed by atoms with Gasteiger partial charge in [0.1, 0.15) is 0 Å². The number of amides is 1. The molecule has 0 fully saturated rings. The summed E-state index contributed by atoms with van der Waals surface area (Å²) >= 11 is 6.18. The lowest BCUT2D eigenvalue weighted by Gasteiger charge is -2.27. The minimum absolute atomic E-state index is 0. The number of unbranched alkanes of at least 4 members (excludes halogenated alkanes) is 3. The minimum Gasteiger partial charge on any atom is -0.351 e. The molecule has 0 aliphatic carbocycles. The van der Waals surface area contributed by atoms with E-state index in [1.807, 2.05) is 38.1 Å². The molecule has 0 spiro atoms. The summed E-state index contributed by atoms with van der Waals surface area (Å²) in [5, 5.41) is 3.85. The highest BCUT2D eigenvalue weighted by atomic mass is 35.5. The molecule has 1 amide bonds. The van der Waals surface area contributed by atoms with Gasteiger partial charge in [0.05, 0.1) is 0 Å². The second-order valence-electron chi connectivity index (χ2n) is 6.15. The Morgan fingerprint density at radius 1 is 1.18 bits per heavy atom. The van der Waals surface area contributed by atoms with Gasteiger partial charge in [-0.2, -0.15) is 0 Å². The zero-order valence-corrected chi connectivity index (χ0v) is 15.1. The van der Waals surface area contributed by atoms with E-state index in [0.29, 0.717) is 6.42 Å². The van der Waals surface area contributed by atoms with Crippen LogP contribution >= 0.6 is 24.0 Å². The number of hydrogen-bond donors (Lipinski definition) is 2. The zero-order chi connectivity index (χ0) is 15.7. The van der Waals surface area contributed by atoms with Crippen molar-refractivity contribution in [2.45, 2.75) is 57.9 Å². The van der Waals surface area contributed by atoms with E-state index in [1.165, 1.54) is 0 Å². The average Bonchev–Trinajstić information content (AvgIpc) is 2.40. The molecular weight excluding hydrogens is 319 g/mol. The Balaban J connectivity index is 0.00000441. The van der Waals surface area contributed by atoms with Gasteiger partial charge in [0, 0.05) is 17.0 Å². The van der Waals surface area contributed by atoms with Crippen LogP contribution in [0.25, 0.3) is 0 Å². The average molecular weight is 347 g/mol. The third-order valence-corrected chi connectivity index (χ3v) is 3.79. The number of rotatable bonds is 9. The predicted octanol–water partition coefficient (Wildman–Crippen LogP) is 4.11. The van der Waals surface area contributed by atoms with Crippen LogP contribution in [0.2, 0.25) is 5.02 Å². The predicted molar refractivity (Wildman–Crippen MR) is 96.8 cm³/mol. The number of nitrogens with two attached hydrogens (primary N) is 1. The van der Waals surface area contributed by atoms with Crippen molar-refractivity contribution in [2.24, 2.45) is 5.73 Å². The Morgan fingerprint density at radius 2 is 1.82 bits per heavy atom. The van der Waals surface area contributed by atoms with Crippen LogP contribution in [0.3, 0.4) is 0 Å². The maximum Gasteiger partial charge on any atom is 0.220 e. The van der Waals surface area contributed by atoms with Crippen molar-refractivity contribution < 1.29 is 4.79 Å². The highest BCUT2D eigenvalue weighted by Crippen LogP contribution is 2.21. The van der Waals surface area contributed by atoms with Crippen molar-refractivity contribution in [3.63, 3.8) is 0 Å². The van der Waals surface area contributed by atoms with Crippen LogP contribution in [0.4, 0.5) is 0 Å². The van der Waals surface area contributed by atoms with Crippen LogP contribution < -0.4 is 11.1 Å². The van der Waals surface area contributed by atoms with E-state index in [4.69, 9.17) is 17.3 Å². The van der Waals surface area contributed by atoms with Gasteiger partial charge in [-0.3, -0.25) is 4.79 Å². The second kappa shape index (κ2) is 10.9. The lowest BCUT2D eigenvalue weighted by Crippen LogP contribution is -2.45. The summed E-state index contributed by atoms with van der Waals surface area (Å²) in [6.45, 7) is 4.79. The molecule has 126 valence electrons. The number of nitrogens with one attached hydrogen (secondary N) is 1. The van der Waals surface area contributed by atoms with Gasteiger partial charge in [0.15, 0.2) is 0 Å². The monoisotopic (exact) mass is 346 g/mol. The molecule has 0 bridgehead atoms. The summed E-state index contributed by atoms with van der Waals surface area (Å²) in [4.78, 5) is 12.0. The topological polar surface area (TPSA) is 55.1 Å². The fourth-order valence-electron chi connectivity index (χ4n) is 2.39. The molecule has 0 radical (unpaired) electrons. The molecule has 0 atom stereocenters. The molecule has 1 aromatic carbocycles. The Kier molecular flexibility index (Phi) is 10.5. The number of hydrogen-bond acceptors (Lipinski definition) is 2. The molecule has 0 heterocycles. The molecule has 3 N–H and O–H groups in total. The Bertz CT molecular complexity index is 450.